The van der Waals surface area contributed by atoms with Gasteiger partial charge in [-0.05, 0) is 25.3 Å². The fourth-order valence-corrected chi connectivity index (χ4v) is 3.52. The monoisotopic (exact) mass is 387 g/mol. The number of carboxylic acid groups (broad SMARTS) is 1. The van der Waals surface area contributed by atoms with E-state index >= 15 is 0 Å². The second-order valence-electron chi connectivity index (χ2n) is 6.46. The third kappa shape index (κ3) is 4.05. The molecule has 1 unspecified atom stereocenters. The van der Waals surface area contributed by atoms with Crippen LogP contribution in [0.15, 0.2) is 46.9 Å². The van der Waals surface area contributed by atoms with Crippen molar-refractivity contribution in [2.24, 2.45) is 0 Å². The molecule has 150 valence electrons. The van der Waals surface area contributed by atoms with E-state index in [-0.39, 0.29) is 11.3 Å². The average molecular weight is 387 g/mol. The number of hydrogen-bond acceptors (Lipinski definition) is 5. The summed E-state index contributed by atoms with van der Waals surface area (Å²) in [5.74, 6) is -1.77. The molecular formula is C20H25N3O5. The summed E-state index contributed by atoms with van der Waals surface area (Å²) in [6.07, 6.45) is 2.58. The van der Waals surface area contributed by atoms with Crippen LogP contribution in [0.25, 0.3) is 0 Å². The number of amides is 1. The second-order valence-corrected chi connectivity index (χ2v) is 6.46. The molecule has 28 heavy (non-hydrogen) atoms. The number of carbonyl (C=O) groups is 2. The van der Waals surface area contributed by atoms with E-state index < -0.39 is 16.8 Å². The van der Waals surface area contributed by atoms with Crippen LogP contribution in [0.4, 0.5) is 5.69 Å². The molecule has 2 N–H and O–H groups in total. The van der Waals surface area contributed by atoms with E-state index in [1.807, 2.05) is 20.8 Å². The molecular weight excluding hydrogens is 362 g/mol. The lowest BCUT2D eigenvalue weighted by Gasteiger charge is -2.36. The molecule has 1 heterocycles. The number of benzene rings is 1. The zero-order valence-corrected chi connectivity index (χ0v) is 16.3. The molecule has 2 rings (SSSR count). The highest BCUT2D eigenvalue weighted by Gasteiger charge is 2.37. The molecule has 0 saturated carbocycles. The number of nitrogens with zero attached hydrogens (tertiary/aromatic N) is 2. The van der Waals surface area contributed by atoms with Gasteiger partial charge in [-0.15, -0.1) is 0 Å². The van der Waals surface area contributed by atoms with E-state index in [1.165, 1.54) is 17.0 Å². The number of rotatable bonds is 9. The Bertz CT molecular complexity index is 827. The lowest BCUT2D eigenvalue weighted by Crippen LogP contribution is -2.37. The Morgan fingerprint density at radius 3 is 2.32 bits per heavy atom. The summed E-state index contributed by atoms with van der Waals surface area (Å²) < 4.78 is 0. The Labute approximate surface area is 163 Å². The summed E-state index contributed by atoms with van der Waals surface area (Å²) in [5, 5.41) is 24.2. The third-order valence-electron chi connectivity index (χ3n) is 4.80. The van der Waals surface area contributed by atoms with Gasteiger partial charge >= 0.3 is 5.97 Å². The Morgan fingerprint density at radius 1 is 1.25 bits per heavy atom. The number of dihydropyridines is 1. The number of carboxylic acids is 1. The van der Waals surface area contributed by atoms with Gasteiger partial charge in [0.1, 0.15) is 0 Å². The third-order valence-corrected chi connectivity index (χ3v) is 4.80. The first-order valence-corrected chi connectivity index (χ1v) is 9.32. The van der Waals surface area contributed by atoms with Gasteiger partial charge in [0.25, 0.3) is 5.69 Å². The van der Waals surface area contributed by atoms with E-state index in [4.69, 9.17) is 0 Å². The molecule has 0 aromatic heterocycles. The van der Waals surface area contributed by atoms with Gasteiger partial charge < -0.3 is 15.3 Å². The molecule has 0 aliphatic carbocycles. The van der Waals surface area contributed by atoms with Gasteiger partial charge in [0, 0.05) is 30.1 Å². The van der Waals surface area contributed by atoms with Crippen molar-refractivity contribution in [3.63, 3.8) is 0 Å². The van der Waals surface area contributed by atoms with Gasteiger partial charge in [-0.2, -0.15) is 0 Å². The van der Waals surface area contributed by atoms with Gasteiger partial charge in [-0.3, -0.25) is 14.9 Å². The maximum Gasteiger partial charge on any atom is 0.334 e. The van der Waals surface area contributed by atoms with Crippen LogP contribution in [0.2, 0.25) is 0 Å². The number of nitrogens with one attached hydrogen (secondary N) is 1. The van der Waals surface area contributed by atoms with Crippen LogP contribution in [0.3, 0.4) is 0 Å². The van der Waals surface area contributed by atoms with Crippen molar-refractivity contribution in [3.05, 3.63) is 62.6 Å². The number of non-ortho nitro benzene ring substituents is 1. The highest BCUT2D eigenvalue weighted by Crippen LogP contribution is 2.41. The lowest BCUT2D eigenvalue weighted by molar-refractivity contribution is -0.384. The lowest BCUT2D eigenvalue weighted by atomic mass is 9.81. The van der Waals surface area contributed by atoms with Crippen molar-refractivity contribution in [1.82, 2.24) is 10.2 Å². The zero-order valence-electron chi connectivity index (χ0n) is 16.3. The molecule has 1 atom stereocenters. The van der Waals surface area contributed by atoms with Crippen molar-refractivity contribution < 1.29 is 19.6 Å². The summed E-state index contributed by atoms with van der Waals surface area (Å²) in [7, 11) is 0. The van der Waals surface area contributed by atoms with Crippen LogP contribution in [0.1, 0.15) is 51.5 Å². The molecule has 8 nitrogen and oxygen atoms in total. The van der Waals surface area contributed by atoms with Gasteiger partial charge in [-0.1, -0.05) is 32.4 Å². The topological polar surface area (TPSA) is 113 Å². The minimum Gasteiger partial charge on any atom is -0.478 e. The Hall–Kier alpha value is -3.16. The van der Waals surface area contributed by atoms with E-state index in [1.54, 1.807) is 12.1 Å². The van der Waals surface area contributed by atoms with Gasteiger partial charge in [0.2, 0.25) is 6.41 Å². The highest BCUT2D eigenvalue weighted by atomic mass is 16.6. The number of allylic oxidation sites excluding steroid dienone is 3. The van der Waals surface area contributed by atoms with Crippen LogP contribution in [-0.4, -0.2) is 33.9 Å². The molecule has 0 spiro atoms. The summed E-state index contributed by atoms with van der Waals surface area (Å²) in [6, 6.07) is 5.84. The quantitative estimate of drug-likeness (QED) is 0.381. The fraction of sp³-hybridized carbons (Fsp3) is 0.400. The summed E-state index contributed by atoms with van der Waals surface area (Å²) in [6.45, 7) is 6.09. The number of nitro benzene ring substituents is 1. The first-order chi connectivity index (χ1) is 13.4. The molecule has 0 fully saturated rings. The van der Waals surface area contributed by atoms with Gasteiger partial charge in [-0.25, -0.2) is 4.79 Å². The molecule has 1 aliphatic heterocycles. The first-order valence-electron chi connectivity index (χ1n) is 9.32. The van der Waals surface area contributed by atoms with Crippen molar-refractivity contribution in [2.75, 3.05) is 6.54 Å². The Balaban J connectivity index is 2.75. The largest absolute Gasteiger partial charge is 0.478 e. The number of carbonyl (C=O) groups excluding carboxylic acids is 1. The molecule has 0 bridgehead atoms. The Kier molecular flexibility index (Phi) is 6.92. The van der Waals surface area contributed by atoms with Gasteiger partial charge in [0.15, 0.2) is 0 Å². The van der Waals surface area contributed by atoms with Crippen molar-refractivity contribution in [1.29, 1.82) is 0 Å². The minimum absolute atomic E-state index is 0.0729. The first kappa shape index (κ1) is 21.1. The fourth-order valence-electron chi connectivity index (χ4n) is 3.52. The maximum absolute atomic E-state index is 12.2. The van der Waals surface area contributed by atoms with Crippen LogP contribution in [0.5, 0.6) is 0 Å². The molecule has 1 aliphatic rings. The number of likely N-dealkylation sites (N-methyl/N-ethyl adjacent to an activating group) is 1. The van der Waals surface area contributed by atoms with E-state index in [9.17, 15) is 24.8 Å². The summed E-state index contributed by atoms with van der Waals surface area (Å²) in [5.41, 5.74) is 2.66. The van der Waals surface area contributed by atoms with Crippen LogP contribution in [0, 0.1) is 10.1 Å². The molecule has 8 heteroatoms. The smallest absolute Gasteiger partial charge is 0.334 e. The van der Waals surface area contributed by atoms with Crippen molar-refractivity contribution >= 4 is 18.1 Å². The number of nitro groups is 1. The average Bonchev–Trinajstić information content (AvgIpc) is 2.69. The summed E-state index contributed by atoms with van der Waals surface area (Å²) >= 11 is 0. The molecule has 1 amide bonds. The van der Waals surface area contributed by atoms with Gasteiger partial charge in [0.05, 0.1) is 22.1 Å². The van der Waals surface area contributed by atoms with Crippen molar-refractivity contribution in [3.8, 4) is 0 Å². The minimum atomic E-state index is -1.08. The highest BCUT2D eigenvalue weighted by molar-refractivity contribution is 5.91. The van der Waals surface area contributed by atoms with Crippen LogP contribution in [-0.2, 0) is 9.59 Å². The second kappa shape index (κ2) is 9.16. The molecule has 0 radical (unpaired) electrons. The molecule has 1 aromatic rings. The van der Waals surface area contributed by atoms with Crippen LogP contribution < -0.4 is 5.32 Å². The molecule has 0 saturated heterocycles. The zero-order chi connectivity index (χ0) is 20.8. The maximum atomic E-state index is 12.2. The normalized spacial score (nSPS) is 16.6. The standard InChI is InChI=1S/C20H25N3O5/c1-4-7-16-18(20(25)26)17(13-8-10-14(11-9-13)23(27)28)19(15(5-2)21-16)22(6-3)12-24/h8-12,17,21H,4-7H2,1-3H3,(H,25,26). The van der Waals surface area contributed by atoms with Crippen LogP contribution >= 0.6 is 0 Å². The van der Waals surface area contributed by atoms with Crippen molar-refractivity contribution in [2.45, 2.75) is 46.0 Å². The van der Waals surface area contributed by atoms with E-state index in [2.05, 4.69) is 5.32 Å². The molecule has 1 aromatic carbocycles. The SMILES string of the molecule is CCCC1=C(C(=O)O)C(c2ccc([N+](=O)[O-])cc2)C(N(C=O)CC)=C(CC)N1. The number of aliphatic carboxylic acids is 1. The predicted molar refractivity (Wildman–Crippen MR) is 104 cm³/mol. The Morgan fingerprint density at radius 2 is 1.89 bits per heavy atom. The van der Waals surface area contributed by atoms with E-state index in [0.29, 0.717) is 42.8 Å². The number of hydrogen-bond donors (Lipinski definition) is 2. The summed E-state index contributed by atoms with van der Waals surface area (Å²) in [4.78, 5) is 35.9. The van der Waals surface area contributed by atoms with E-state index in [0.717, 1.165) is 12.1 Å². The predicted octanol–water partition coefficient (Wildman–Crippen LogP) is 3.52.